The van der Waals surface area contributed by atoms with Gasteiger partial charge in [0.2, 0.25) is 15.9 Å². The molecule has 5 atom stereocenters. The number of imide groups is 1. The summed E-state index contributed by atoms with van der Waals surface area (Å²) in [5, 5.41) is 9.72. The summed E-state index contributed by atoms with van der Waals surface area (Å²) in [6, 6.07) is 13.7. The van der Waals surface area contributed by atoms with E-state index in [1.165, 1.54) is 4.90 Å². The summed E-state index contributed by atoms with van der Waals surface area (Å²) >= 11 is 0. The summed E-state index contributed by atoms with van der Waals surface area (Å²) in [6.45, 7) is 8.96. The van der Waals surface area contributed by atoms with Crippen LogP contribution in [0.5, 0.6) is 11.5 Å². The number of carbonyl (C=O) groups is 4. The molecule has 276 valence electrons. The number of benzene rings is 2. The maximum Gasteiger partial charge on any atom is 0.338 e. The standard InChI is InChI=1S/C38H44N4O9S/c1-6-22-16-31(22)42(37(47)40-52(48,49)26-13-14-26)36(46)32-18-25(21-41(32)35(45)28(19-34(43)44)38(2,3)4)51-33-20-29(23-10-8-7-9-11-23)39-30-17-24(50-5)12-15-27(30)33/h6-12,15,17,20,22,25-26,28,31-32H,1,13-14,16,18-19,21H2,2-5H3,(H,40,47)(H,43,44)/t22?,25-,28-,31?,32+/m1/s1. The lowest BCUT2D eigenvalue weighted by atomic mass is 9.77. The van der Waals surface area contributed by atoms with Crippen LogP contribution in [-0.4, -0.2) is 89.2 Å². The molecule has 0 bridgehead atoms. The summed E-state index contributed by atoms with van der Waals surface area (Å²) in [7, 11) is -2.45. The maximum atomic E-state index is 14.6. The van der Waals surface area contributed by atoms with Crippen LogP contribution in [0.4, 0.5) is 4.79 Å². The van der Waals surface area contributed by atoms with Crippen LogP contribution in [0.1, 0.15) is 52.9 Å². The third kappa shape index (κ3) is 7.76. The minimum absolute atomic E-state index is 0.0419. The number of pyridine rings is 1. The van der Waals surface area contributed by atoms with Crippen molar-refractivity contribution in [2.45, 2.75) is 76.3 Å². The Labute approximate surface area is 303 Å². The maximum absolute atomic E-state index is 14.6. The van der Waals surface area contributed by atoms with Crippen LogP contribution in [0.15, 0.2) is 67.3 Å². The number of carbonyl (C=O) groups excluding carboxylic acids is 3. The first kappa shape index (κ1) is 36.8. The Morgan fingerprint density at radius 1 is 1.10 bits per heavy atom. The predicted molar refractivity (Wildman–Crippen MR) is 193 cm³/mol. The van der Waals surface area contributed by atoms with Crippen molar-refractivity contribution < 1.29 is 42.2 Å². The van der Waals surface area contributed by atoms with E-state index < -0.39 is 75.0 Å². The average molecular weight is 733 g/mol. The zero-order chi connectivity index (χ0) is 37.5. The highest BCUT2D eigenvalue weighted by molar-refractivity contribution is 7.90. The zero-order valence-electron chi connectivity index (χ0n) is 29.7. The molecule has 1 aromatic heterocycles. The minimum atomic E-state index is -4.00. The number of hydrogen-bond acceptors (Lipinski definition) is 9. The summed E-state index contributed by atoms with van der Waals surface area (Å²) < 4.78 is 39.8. The van der Waals surface area contributed by atoms with E-state index in [4.69, 9.17) is 14.5 Å². The molecule has 2 heterocycles. The van der Waals surface area contributed by atoms with Crippen molar-refractivity contribution >= 4 is 44.7 Å². The van der Waals surface area contributed by atoms with Crippen LogP contribution in [0, 0.1) is 17.3 Å². The highest BCUT2D eigenvalue weighted by Crippen LogP contribution is 2.41. The van der Waals surface area contributed by atoms with Gasteiger partial charge in [-0.25, -0.2) is 22.9 Å². The molecule has 3 fully saturated rings. The van der Waals surface area contributed by atoms with Crippen LogP contribution >= 0.6 is 0 Å². The fourth-order valence-corrected chi connectivity index (χ4v) is 8.06. The first-order chi connectivity index (χ1) is 24.6. The van der Waals surface area contributed by atoms with Gasteiger partial charge in [-0.15, -0.1) is 6.58 Å². The van der Waals surface area contributed by atoms with Gasteiger partial charge < -0.3 is 19.5 Å². The van der Waals surface area contributed by atoms with E-state index in [0.717, 1.165) is 10.5 Å². The Morgan fingerprint density at radius 2 is 1.81 bits per heavy atom. The fraction of sp³-hybridized carbons (Fsp3) is 0.447. The summed E-state index contributed by atoms with van der Waals surface area (Å²) in [4.78, 5) is 61.6. The van der Waals surface area contributed by atoms with Gasteiger partial charge in [0.1, 0.15) is 23.6 Å². The number of ether oxygens (including phenoxy) is 2. The van der Waals surface area contributed by atoms with Crippen LogP contribution in [0.3, 0.4) is 0 Å². The molecule has 2 saturated carbocycles. The number of fused-ring (bicyclic) bond motifs is 1. The van der Waals surface area contributed by atoms with Gasteiger partial charge >= 0.3 is 12.0 Å². The van der Waals surface area contributed by atoms with E-state index in [1.54, 1.807) is 52.2 Å². The third-order valence-corrected chi connectivity index (χ3v) is 11.8. The van der Waals surface area contributed by atoms with E-state index in [1.807, 2.05) is 36.4 Å². The molecule has 3 aromatic rings. The lowest BCUT2D eigenvalue weighted by molar-refractivity contribution is -0.151. The van der Waals surface area contributed by atoms with Crippen LogP contribution in [0.25, 0.3) is 22.2 Å². The SMILES string of the molecule is C=CC1CC1N(C(=O)NS(=O)(=O)C1CC1)C(=O)[C@@H]1C[C@@H](Oc2cc(-c3ccccc3)nc3cc(OC)ccc23)CN1C(=O)[C@@H](CC(=O)O)C(C)(C)C. The molecule has 2 N–H and O–H groups in total. The average Bonchev–Trinajstić information content (AvgIpc) is 4.04. The second-order valence-corrected chi connectivity index (χ2v) is 16.8. The predicted octanol–water partition coefficient (Wildman–Crippen LogP) is 5.00. The number of sulfonamides is 1. The van der Waals surface area contributed by atoms with Crippen molar-refractivity contribution in [3.63, 3.8) is 0 Å². The Morgan fingerprint density at radius 3 is 2.40 bits per heavy atom. The third-order valence-electron chi connectivity index (χ3n) is 9.98. The highest BCUT2D eigenvalue weighted by Gasteiger charge is 2.53. The number of methoxy groups -OCH3 is 1. The van der Waals surface area contributed by atoms with Gasteiger partial charge in [-0.05, 0) is 42.7 Å². The molecular weight excluding hydrogens is 689 g/mol. The van der Waals surface area contributed by atoms with Gasteiger partial charge in [-0.1, -0.05) is 57.2 Å². The second kappa shape index (κ2) is 14.2. The van der Waals surface area contributed by atoms with Crippen molar-refractivity contribution in [1.29, 1.82) is 0 Å². The monoisotopic (exact) mass is 732 g/mol. The first-order valence-corrected chi connectivity index (χ1v) is 18.9. The smallest absolute Gasteiger partial charge is 0.338 e. The number of urea groups is 1. The number of aromatic nitrogens is 1. The molecule has 6 rings (SSSR count). The Bertz CT molecular complexity index is 2010. The molecule has 1 aliphatic heterocycles. The molecule has 4 amide bonds. The van der Waals surface area contributed by atoms with Crippen molar-refractivity contribution in [2.75, 3.05) is 13.7 Å². The Hall–Kier alpha value is -4.98. The molecule has 52 heavy (non-hydrogen) atoms. The number of carboxylic acids is 1. The largest absolute Gasteiger partial charge is 0.497 e. The van der Waals surface area contributed by atoms with Crippen molar-refractivity contribution in [3.8, 4) is 22.8 Å². The van der Waals surface area contributed by atoms with E-state index >= 15 is 0 Å². The van der Waals surface area contributed by atoms with Crippen LogP contribution < -0.4 is 14.2 Å². The van der Waals surface area contributed by atoms with Gasteiger partial charge in [-0.3, -0.25) is 19.3 Å². The van der Waals surface area contributed by atoms with Gasteiger partial charge in [0.25, 0.3) is 5.91 Å². The van der Waals surface area contributed by atoms with E-state index in [9.17, 15) is 32.7 Å². The molecule has 2 aromatic carbocycles. The summed E-state index contributed by atoms with van der Waals surface area (Å²) in [6.07, 6.45) is 1.54. The van der Waals surface area contributed by atoms with Crippen molar-refractivity contribution in [2.24, 2.45) is 17.3 Å². The topological polar surface area (TPSA) is 173 Å². The van der Waals surface area contributed by atoms with E-state index in [0.29, 0.717) is 47.4 Å². The summed E-state index contributed by atoms with van der Waals surface area (Å²) in [5.41, 5.74) is 1.24. The molecular formula is C38H44N4O9S. The van der Waals surface area contributed by atoms with Gasteiger partial charge in [0.05, 0.1) is 42.5 Å². The molecule has 2 aliphatic carbocycles. The highest BCUT2D eigenvalue weighted by atomic mass is 32.2. The Kier molecular flexibility index (Phi) is 10.1. The minimum Gasteiger partial charge on any atom is -0.497 e. The first-order valence-electron chi connectivity index (χ1n) is 17.4. The molecule has 0 radical (unpaired) electrons. The number of aliphatic carboxylic acids is 1. The molecule has 14 heteroatoms. The number of amides is 4. The molecule has 0 spiro atoms. The van der Waals surface area contributed by atoms with E-state index in [-0.39, 0.29) is 18.9 Å². The molecule has 3 aliphatic rings. The zero-order valence-corrected chi connectivity index (χ0v) is 30.5. The molecule has 13 nitrogen and oxygen atoms in total. The number of likely N-dealkylation sites (tertiary alicyclic amines) is 1. The quantitative estimate of drug-likeness (QED) is 0.242. The van der Waals surface area contributed by atoms with Crippen LogP contribution in [0.2, 0.25) is 0 Å². The number of nitrogens with one attached hydrogen (secondary N) is 1. The number of carboxylic acid groups (broad SMARTS) is 1. The number of nitrogens with zero attached hydrogens (tertiary/aromatic N) is 3. The Balaban J connectivity index is 1.38. The lowest BCUT2D eigenvalue weighted by Gasteiger charge is -2.35. The van der Waals surface area contributed by atoms with Crippen molar-refractivity contribution in [1.82, 2.24) is 19.5 Å². The fourth-order valence-electron chi connectivity index (χ4n) is 6.79. The summed E-state index contributed by atoms with van der Waals surface area (Å²) in [5.74, 6) is -2.75. The van der Waals surface area contributed by atoms with Crippen molar-refractivity contribution in [3.05, 3.63) is 67.3 Å². The molecule has 2 unspecified atom stereocenters. The second-order valence-electron chi connectivity index (χ2n) is 14.8. The lowest BCUT2D eigenvalue weighted by Crippen LogP contribution is -2.56. The molecule has 1 saturated heterocycles. The van der Waals surface area contributed by atoms with Gasteiger partial charge in [0.15, 0.2) is 0 Å². The van der Waals surface area contributed by atoms with Gasteiger partial charge in [-0.2, -0.15) is 0 Å². The van der Waals surface area contributed by atoms with Crippen LogP contribution in [-0.2, 0) is 24.4 Å². The van der Waals surface area contributed by atoms with Gasteiger partial charge in [0, 0.05) is 35.5 Å². The number of hydrogen-bond donors (Lipinski definition) is 2. The van der Waals surface area contributed by atoms with E-state index in [2.05, 4.69) is 11.3 Å². The number of rotatable bonds is 12. The normalized spacial score (nSPS) is 22.0.